The standard InChI is InChI=1S/C20H28N6.2C2HF3O2/c1-16-4-3-5-17(23-16)14-25-8-6-18-19(7-9-25)21-15-22-20(18)26-12-10-24(2)11-13-26;2*3-2(4,5)1(6)7/h3-5,15H,6-14H2,1-2H3;2*(H,6,7). The van der Waals surface area contributed by atoms with Gasteiger partial charge in [-0.25, -0.2) is 19.6 Å². The third kappa shape index (κ3) is 10.6. The quantitative estimate of drug-likeness (QED) is 0.524. The molecule has 1 fully saturated rings. The molecule has 0 spiro atoms. The zero-order valence-electron chi connectivity index (χ0n) is 21.8. The van der Waals surface area contributed by atoms with Gasteiger partial charge >= 0.3 is 24.3 Å². The van der Waals surface area contributed by atoms with Crippen LogP contribution < -0.4 is 4.90 Å². The first-order valence-electron chi connectivity index (χ1n) is 12.1. The highest BCUT2D eigenvalue weighted by Crippen LogP contribution is 2.25. The third-order valence-electron chi connectivity index (χ3n) is 5.97. The van der Waals surface area contributed by atoms with E-state index in [-0.39, 0.29) is 0 Å². The van der Waals surface area contributed by atoms with Crippen LogP contribution in [0.2, 0.25) is 0 Å². The summed E-state index contributed by atoms with van der Waals surface area (Å²) in [5, 5.41) is 14.2. The maximum Gasteiger partial charge on any atom is 0.490 e. The molecule has 2 N–H and O–H groups in total. The van der Waals surface area contributed by atoms with E-state index in [1.807, 2.05) is 0 Å². The summed E-state index contributed by atoms with van der Waals surface area (Å²) in [5.74, 6) is -4.35. The number of carboxylic acids is 2. The van der Waals surface area contributed by atoms with Crippen molar-refractivity contribution in [2.45, 2.75) is 38.7 Å². The number of hydrogen-bond donors (Lipinski definition) is 2. The molecular formula is C24H30F6N6O4. The second-order valence-corrected chi connectivity index (χ2v) is 9.07. The van der Waals surface area contributed by atoms with Crippen LogP contribution in [-0.2, 0) is 29.0 Å². The Kier molecular flexibility index (Phi) is 11.6. The second kappa shape index (κ2) is 14.2. The molecule has 222 valence electrons. The number of hydrogen-bond acceptors (Lipinski definition) is 8. The van der Waals surface area contributed by atoms with E-state index < -0.39 is 24.3 Å². The van der Waals surface area contributed by atoms with E-state index in [4.69, 9.17) is 19.8 Å². The lowest BCUT2D eigenvalue weighted by Crippen LogP contribution is -2.45. The lowest BCUT2D eigenvalue weighted by Gasteiger charge is -2.34. The van der Waals surface area contributed by atoms with Gasteiger partial charge in [0.05, 0.1) is 11.4 Å². The number of aryl methyl sites for hydroxylation is 1. The van der Waals surface area contributed by atoms with Gasteiger partial charge in [0.15, 0.2) is 0 Å². The normalized spacial score (nSPS) is 16.4. The van der Waals surface area contributed by atoms with Crippen molar-refractivity contribution in [1.29, 1.82) is 0 Å². The summed E-state index contributed by atoms with van der Waals surface area (Å²) < 4.78 is 63.5. The van der Waals surface area contributed by atoms with Gasteiger partial charge in [-0.1, -0.05) is 6.07 Å². The molecule has 2 aliphatic rings. The fourth-order valence-corrected chi connectivity index (χ4v) is 3.92. The molecule has 1 saturated heterocycles. The van der Waals surface area contributed by atoms with E-state index in [1.165, 1.54) is 17.1 Å². The highest BCUT2D eigenvalue weighted by molar-refractivity contribution is 5.73. The van der Waals surface area contributed by atoms with Gasteiger partial charge in [-0.15, -0.1) is 0 Å². The number of anilines is 1. The first kappa shape index (κ1) is 32.7. The molecule has 0 saturated carbocycles. The number of aliphatic carboxylic acids is 2. The van der Waals surface area contributed by atoms with Gasteiger partial charge in [-0.05, 0) is 32.5 Å². The highest BCUT2D eigenvalue weighted by atomic mass is 19.4. The van der Waals surface area contributed by atoms with E-state index in [0.717, 1.165) is 70.0 Å². The number of carbonyl (C=O) groups is 2. The monoisotopic (exact) mass is 580 g/mol. The molecule has 0 radical (unpaired) electrons. The summed E-state index contributed by atoms with van der Waals surface area (Å²) >= 11 is 0. The van der Waals surface area contributed by atoms with Gasteiger partial charge in [-0.3, -0.25) is 9.88 Å². The van der Waals surface area contributed by atoms with E-state index >= 15 is 0 Å². The Morgan fingerprint density at radius 3 is 1.95 bits per heavy atom. The predicted octanol–water partition coefficient (Wildman–Crippen LogP) is 2.80. The fraction of sp³-hybridized carbons (Fsp3) is 0.542. The average Bonchev–Trinajstić information content (AvgIpc) is 3.06. The summed E-state index contributed by atoms with van der Waals surface area (Å²) in [6, 6.07) is 6.28. The van der Waals surface area contributed by atoms with Crippen molar-refractivity contribution >= 4 is 17.8 Å². The van der Waals surface area contributed by atoms with Crippen LogP contribution in [0.3, 0.4) is 0 Å². The maximum absolute atomic E-state index is 10.6. The number of piperazine rings is 1. The Labute approximate surface area is 226 Å². The van der Waals surface area contributed by atoms with E-state index in [1.54, 1.807) is 6.33 Å². The van der Waals surface area contributed by atoms with Gasteiger partial charge in [0.2, 0.25) is 0 Å². The summed E-state index contributed by atoms with van der Waals surface area (Å²) in [5.41, 5.74) is 4.83. The smallest absolute Gasteiger partial charge is 0.475 e. The summed E-state index contributed by atoms with van der Waals surface area (Å²) in [4.78, 5) is 39.1. The molecule has 0 aliphatic carbocycles. The van der Waals surface area contributed by atoms with Crippen molar-refractivity contribution in [3.05, 3.63) is 47.2 Å². The molecule has 4 heterocycles. The zero-order valence-corrected chi connectivity index (χ0v) is 21.8. The van der Waals surface area contributed by atoms with Gasteiger partial charge in [-0.2, -0.15) is 26.3 Å². The number of fused-ring (bicyclic) bond motifs is 1. The number of carboxylic acid groups (broad SMARTS) is 2. The minimum absolute atomic E-state index is 0.910. The van der Waals surface area contributed by atoms with Crippen LogP contribution in [0.15, 0.2) is 24.5 Å². The molecule has 0 atom stereocenters. The Morgan fingerprint density at radius 1 is 0.875 bits per heavy atom. The van der Waals surface area contributed by atoms with Crippen LogP contribution in [0.5, 0.6) is 0 Å². The Balaban J connectivity index is 0.000000333. The Bertz CT molecular complexity index is 1120. The molecule has 2 aliphatic heterocycles. The number of alkyl halides is 6. The summed E-state index contributed by atoms with van der Waals surface area (Å²) in [7, 11) is 2.19. The highest BCUT2D eigenvalue weighted by Gasteiger charge is 2.38. The molecule has 16 heteroatoms. The maximum atomic E-state index is 10.6. The van der Waals surface area contributed by atoms with Crippen LogP contribution in [0.25, 0.3) is 0 Å². The zero-order chi connectivity index (χ0) is 30.1. The van der Waals surface area contributed by atoms with Gasteiger partial charge < -0.3 is 20.0 Å². The third-order valence-corrected chi connectivity index (χ3v) is 5.97. The first-order chi connectivity index (χ1) is 18.6. The Morgan fingerprint density at radius 2 is 1.43 bits per heavy atom. The minimum atomic E-state index is -5.08. The van der Waals surface area contributed by atoms with Crippen LogP contribution in [0.4, 0.5) is 32.2 Å². The van der Waals surface area contributed by atoms with Crippen LogP contribution in [0, 0.1) is 6.92 Å². The van der Waals surface area contributed by atoms with Gasteiger partial charge in [0.1, 0.15) is 12.1 Å². The number of rotatable bonds is 3. The van der Waals surface area contributed by atoms with Crippen LogP contribution in [-0.4, -0.2) is 106 Å². The number of likely N-dealkylation sites (N-methyl/N-ethyl adjacent to an activating group) is 1. The summed E-state index contributed by atoms with van der Waals surface area (Å²) in [6.07, 6.45) is -6.40. The van der Waals surface area contributed by atoms with Gasteiger partial charge in [0, 0.05) is 63.5 Å². The molecule has 40 heavy (non-hydrogen) atoms. The van der Waals surface area contributed by atoms with Crippen molar-refractivity contribution in [1.82, 2.24) is 24.8 Å². The lowest BCUT2D eigenvalue weighted by molar-refractivity contribution is -0.193. The Hall–Kier alpha value is -3.53. The molecule has 4 rings (SSSR count). The second-order valence-electron chi connectivity index (χ2n) is 9.07. The fourth-order valence-electron chi connectivity index (χ4n) is 3.92. The van der Waals surface area contributed by atoms with E-state index in [2.05, 4.69) is 61.8 Å². The molecule has 0 aromatic carbocycles. The topological polar surface area (TPSA) is 123 Å². The predicted molar refractivity (Wildman–Crippen MR) is 131 cm³/mol. The number of nitrogens with zero attached hydrogens (tertiary/aromatic N) is 6. The molecule has 2 aromatic rings. The lowest BCUT2D eigenvalue weighted by atomic mass is 10.1. The van der Waals surface area contributed by atoms with Crippen LogP contribution >= 0.6 is 0 Å². The van der Waals surface area contributed by atoms with Crippen molar-refractivity contribution < 1.29 is 46.1 Å². The summed E-state index contributed by atoms with van der Waals surface area (Å²) in [6.45, 7) is 9.34. The number of pyridine rings is 1. The van der Waals surface area contributed by atoms with E-state index in [9.17, 15) is 26.3 Å². The van der Waals surface area contributed by atoms with Crippen molar-refractivity contribution in [3.8, 4) is 0 Å². The molecule has 0 bridgehead atoms. The molecule has 0 unspecified atom stereocenters. The molecular weight excluding hydrogens is 550 g/mol. The number of halogens is 6. The van der Waals surface area contributed by atoms with Crippen molar-refractivity contribution in [2.75, 3.05) is 51.2 Å². The molecule has 2 aromatic heterocycles. The SMILES string of the molecule is Cc1cccc(CN2CCc3ncnc(N4CCN(C)CC4)c3CC2)n1.O=C(O)C(F)(F)F.O=C(O)C(F)(F)F. The largest absolute Gasteiger partial charge is 0.490 e. The van der Waals surface area contributed by atoms with E-state index in [0.29, 0.717) is 0 Å². The molecule has 0 amide bonds. The number of aromatic nitrogens is 3. The van der Waals surface area contributed by atoms with Gasteiger partial charge in [0.25, 0.3) is 0 Å². The van der Waals surface area contributed by atoms with Crippen molar-refractivity contribution in [2.24, 2.45) is 0 Å². The average molecular weight is 581 g/mol. The minimum Gasteiger partial charge on any atom is -0.475 e. The first-order valence-corrected chi connectivity index (χ1v) is 12.1. The van der Waals surface area contributed by atoms with Crippen molar-refractivity contribution in [3.63, 3.8) is 0 Å². The van der Waals surface area contributed by atoms with Crippen LogP contribution in [0.1, 0.15) is 22.6 Å². The molecule has 10 nitrogen and oxygen atoms in total.